The van der Waals surface area contributed by atoms with Gasteiger partial charge < -0.3 is 9.84 Å². The van der Waals surface area contributed by atoms with Gasteiger partial charge in [-0.2, -0.15) is 0 Å². The second-order valence-corrected chi connectivity index (χ2v) is 4.84. The van der Waals surface area contributed by atoms with E-state index < -0.39 is 11.5 Å². The molecule has 0 spiro atoms. The van der Waals surface area contributed by atoms with Crippen LogP contribution in [0.25, 0.3) is 0 Å². The van der Waals surface area contributed by atoms with Gasteiger partial charge in [-0.25, -0.2) is 0 Å². The standard InChI is InChI=1S/C14H17NO4/c1-15(9-12(16)17)14(7-8-14)13(18)19-10-11-5-3-2-4-6-11/h2-6H,7-10H2,1H3,(H,16,17). The first-order valence-electron chi connectivity index (χ1n) is 6.19. The highest BCUT2D eigenvalue weighted by Gasteiger charge is 2.55. The SMILES string of the molecule is CN(CC(=O)O)C1(C(=O)OCc2ccccc2)CC1. The van der Waals surface area contributed by atoms with E-state index in [2.05, 4.69) is 0 Å². The monoisotopic (exact) mass is 263 g/mol. The number of aliphatic carboxylic acids is 1. The van der Waals surface area contributed by atoms with Crippen molar-refractivity contribution in [3.05, 3.63) is 35.9 Å². The fraction of sp³-hybridized carbons (Fsp3) is 0.429. The summed E-state index contributed by atoms with van der Waals surface area (Å²) < 4.78 is 5.28. The predicted octanol–water partition coefficient (Wildman–Crippen LogP) is 1.28. The molecule has 5 heteroatoms. The molecule has 1 aromatic rings. The number of ether oxygens (including phenoxy) is 1. The van der Waals surface area contributed by atoms with Gasteiger partial charge in [-0.1, -0.05) is 30.3 Å². The molecule has 0 bridgehead atoms. The number of benzene rings is 1. The Morgan fingerprint density at radius 2 is 1.95 bits per heavy atom. The van der Waals surface area contributed by atoms with Gasteiger partial charge in [-0.3, -0.25) is 14.5 Å². The van der Waals surface area contributed by atoms with Crippen molar-refractivity contribution in [1.29, 1.82) is 0 Å². The fourth-order valence-electron chi connectivity index (χ4n) is 2.07. The van der Waals surface area contributed by atoms with Crippen LogP contribution >= 0.6 is 0 Å². The number of esters is 1. The second-order valence-electron chi connectivity index (χ2n) is 4.84. The Morgan fingerprint density at radius 1 is 1.32 bits per heavy atom. The zero-order valence-electron chi connectivity index (χ0n) is 10.8. The van der Waals surface area contributed by atoms with Crippen molar-refractivity contribution in [3.8, 4) is 0 Å². The number of hydrogen-bond acceptors (Lipinski definition) is 4. The zero-order chi connectivity index (χ0) is 13.9. The molecule has 1 saturated carbocycles. The van der Waals surface area contributed by atoms with Crippen LogP contribution in [0.5, 0.6) is 0 Å². The molecule has 19 heavy (non-hydrogen) atoms. The maximum Gasteiger partial charge on any atom is 0.326 e. The van der Waals surface area contributed by atoms with Crippen molar-refractivity contribution in [3.63, 3.8) is 0 Å². The van der Waals surface area contributed by atoms with E-state index in [1.165, 1.54) is 0 Å². The van der Waals surface area contributed by atoms with Crippen molar-refractivity contribution in [2.75, 3.05) is 13.6 Å². The van der Waals surface area contributed by atoms with Crippen molar-refractivity contribution >= 4 is 11.9 Å². The highest BCUT2D eigenvalue weighted by atomic mass is 16.5. The lowest BCUT2D eigenvalue weighted by molar-refractivity contribution is -0.154. The molecule has 102 valence electrons. The van der Waals surface area contributed by atoms with Crippen LogP contribution < -0.4 is 0 Å². The van der Waals surface area contributed by atoms with Gasteiger partial charge in [0.15, 0.2) is 0 Å². The van der Waals surface area contributed by atoms with E-state index in [0.29, 0.717) is 12.8 Å². The number of carboxylic acid groups (broad SMARTS) is 1. The Morgan fingerprint density at radius 3 is 2.47 bits per heavy atom. The number of likely N-dealkylation sites (N-methyl/N-ethyl adjacent to an activating group) is 1. The highest BCUT2D eigenvalue weighted by Crippen LogP contribution is 2.42. The van der Waals surface area contributed by atoms with Crippen LogP contribution in [0.4, 0.5) is 0 Å². The van der Waals surface area contributed by atoms with Gasteiger partial charge in [0, 0.05) is 0 Å². The van der Waals surface area contributed by atoms with Gasteiger partial charge in [0.05, 0.1) is 6.54 Å². The Bertz CT molecular complexity index is 468. The molecule has 0 radical (unpaired) electrons. The summed E-state index contributed by atoms with van der Waals surface area (Å²) in [5.41, 5.74) is 0.195. The third-order valence-electron chi connectivity index (χ3n) is 3.42. The van der Waals surface area contributed by atoms with Crippen LogP contribution in [-0.4, -0.2) is 41.1 Å². The van der Waals surface area contributed by atoms with Gasteiger partial charge >= 0.3 is 11.9 Å². The topological polar surface area (TPSA) is 66.8 Å². The lowest BCUT2D eigenvalue weighted by Gasteiger charge is -2.24. The molecule has 2 rings (SSSR count). The predicted molar refractivity (Wildman–Crippen MR) is 68.5 cm³/mol. The molecule has 0 atom stereocenters. The number of carbonyl (C=O) groups is 2. The van der Waals surface area contributed by atoms with Crippen molar-refractivity contribution in [2.24, 2.45) is 0 Å². The summed E-state index contributed by atoms with van der Waals surface area (Å²) >= 11 is 0. The summed E-state index contributed by atoms with van der Waals surface area (Å²) in [6.07, 6.45) is 1.31. The number of carbonyl (C=O) groups excluding carboxylic acids is 1. The first-order chi connectivity index (χ1) is 9.04. The molecule has 1 aliphatic carbocycles. The molecular formula is C14H17NO4. The summed E-state index contributed by atoms with van der Waals surface area (Å²) in [7, 11) is 1.64. The normalized spacial score (nSPS) is 16.1. The quantitative estimate of drug-likeness (QED) is 0.783. The Labute approximate surface area is 111 Å². The third-order valence-corrected chi connectivity index (χ3v) is 3.42. The van der Waals surface area contributed by atoms with E-state index in [0.717, 1.165) is 5.56 Å². The van der Waals surface area contributed by atoms with E-state index in [4.69, 9.17) is 9.84 Å². The molecule has 1 fully saturated rings. The molecule has 5 nitrogen and oxygen atoms in total. The van der Waals surface area contributed by atoms with Crippen molar-refractivity contribution in [2.45, 2.75) is 25.0 Å². The summed E-state index contributed by atoms with van der Waals surface area (Å²) in [6.45, 7) is 0.0722. The van der Waals surface area contributed by atoms with Gasteiger partial charge in [0.1, 0.15) is 12.1 Å². The number of carboxylic acids is 1. The minimum absolute atomic E-state index is 0.152. The summed E-state index contributed by atoms with van der Waals surface area (Å²) in [6, 6.07) is 9.43. The molecule has 0 unspecified atom stereocenters. The van der Waals surface area contributed by atoms with Crippen LogP contribution in [0, 0.1) is 0 Å². The molecule has 1 N–H and O–H groups in total. The van der Waals surface area contributed by atoms with Gasteiger partial charge in [0.2, 0.25) is 0 Å². The minimum atomic E-state index is -0.940. The largest absolute Gasteiger partial charge is 0.480 e. The lowest BCUT2D eigenvalue weighted by Crippen LogP contribution is -2.44. The number of rotatable bonds is 6. The number of nitrogens with zero attached hydrogens (tertiary/aromatic N) is 1. The van der Waals surface area contributed by atoms with Crippen LogP contribution in [0.2, 0.25) is 0 Å². The molecule has 0 heterocycles. The summed E-state index contributed by atoms with van der Waals surface area (Å²) in [5, 5.41) is 8.77. The molecular weight excluding hydrogens is 246 g/mol. The average Bonchev–Trinajstić information content (AvgIpc) is 3.18. The van der Waals surface area contributed by atoms with Crippen LogP contribution in [0.1, 0.15) is 18.4 Å². The van der Waals surface area contributed by atoms with Gasteiger partial charge in [0.25, 0.3) is 0 Å². The minimum Gasteiger partial charge on any atom is -0.480 e. The van der Waals surface area contributed by atoms with E-state index in [-0.39, 0.29) is 19.1 Å². The molecule has 0 saturated heterocycles. The molecule has 0 aromatic heterocycles. The van der Waals surface area contributed by atoms with E-state index in [1.807, 2.05) is 30.3 Å². The van der Waals surface area contributed by atoms with Crippen LogP contribution in [-0.2, 0) is 20.9 Å². The molecule has 1 aliphatic rings. The molecule has 1 aromatic carbocycles. The Balaban J connectivity index is 1.91. The van der Waals surface area contributed by atoms with Gasteiger partial charge in [-0.15, -0.1) is 0 Å². The summed E-state index contributed by atoms with van der Waals surface area (Å²) in [5.74, 6) is -1.27. The van der Waals surface area contributed by atoms with Crippen molar-refractivity contribution < 1.29 is 19.4 Å². The second kappa shape index (κ2) is 5.40. The number of hydrogen-bond donors (Lipinski definition) is 1. The summed E-state index contributed by atoms with van der Waals surface area (Å²) in [4.78, 5) is 24.3. The Hall–Kier alpha value is -1.88. The first kappa shape index (κ1) is 13.5. The van der Waals surface area contributed by atoms with Crippen molar-refractivity contribution in [1.82, 2.24) is 4.90 Å². The van der Waals surface area contributed by atoms with E-state index in [9.17, 15) is 9.59 Å². The average molecular weight is 263 g/mol. The molecule has 0 aliphatic heterocycles. The van der Waals surface area contributed by atoms with Gasteiger partial charge in [-0.05, 0) is 25.5 Å². The fourth-order valence-corrected chi connectivity index (χ4v) is 2.07. The maximum absolute atomic E-state index is 12.1. The first-order valence-corrected chi connectivity index (χ1v) is 6.19. The zero-order valence-corrected chi connectivity index (χ0v) is 10.8. The van der Waals surface area contributed by atoms with E-state index in [1.54, 1.807) is 11.9 Å². The van der Waals surface area contributed by atoms with E-state index >= 15 is 0 Å². The lowest BCUT2D eigenvalue weighted by atomic mass is 10.2. The maximum atomic E-state index is 12.1. The van der Waals surface area contributed by atoms with Crippen LogP contribution in [0.15, 0.2) is 30.3 Å². The highest BCUT2D eigenvalue weighted by molar-refractivity contribution is 5.85. The smallest absolute Gasteiger partial charge is 0.326 e. The molecule has 0 amide bonds. The third kappa shape index (κ3) is 3.12. The van der Waals surface area contributed by atoms with Crippen LogP contribution in [0.3, 0.4) is 0 Å². The Kier molecular flexibility index (Phi) is 3.85.